The summed E-state index contributed by atoms with van der Waals surface area (Å²) in [4.78, 5) is 17.2. The number of carbonyl (C=O) groups excluding carboxylic acids is 1. The van der Waals surface area contributed by atoms with Crippen LogP contribution in [0, 0.1) is 13.8 Å². The Hall–Kier alpha value is -2.15. The zero-order valence-corrected chi connectivity index (χ0v) is 11.5. The van der Waals surface area contributed by atoms with Gasteiger partial charge in [0.15, 0.2) is 10.5 Å². The van der Waals surface area contributed by atoms with E-state index >= 15 is 0 Å². The fourth-order valence-electron chi connectivity index (χ4n) is 2.12. The van der Waals surface area contributed by atoms with Crippen LogP contribution in [0.5, 0.6) is 0 Å². The highest BCUT2D eigenvalue weighted by molar-refractivity contribution is 7.21. The van der Waals surface area contributed by atoms with Crippen molar-refractivity contribution in [3.8, 4) is 0 Å². The Morgan fingerprint density at radius 2 is 2.21 bits per heavy atom. The molecule has 0 radical (unpaired) electrons. The average molecular weight is 276 g/mol. The van der Waals surface area contributed by atoms with Crippen LogP contribution in [-0.2, 0) is 4.74 Å². The van der Waals surface area contributed by atoms with Crippen LogP contribution in [0.1, 0.15) is 21.1 Å². The Morgan fingerprint density at radius 3 is 2.89 bits per heavy atom. The third-order valence-electron chi connectivity index (χ3n) is 2.95. The number of anilines is 1. The molecule has 0 unspecified atom stereocenters. The second kappa shape index (κ2) is 3.92. The van der Waals surface area contributed by atoms with Gasteiger partial charge in [-0.25, -0.2) is 14.3 Å². The molecule has 2 N–H and O–H groups in total. The molecular weight excluding hydrogens is 264 g/mol. The number of fused-ring (bicyclic) bond motifs is 3. The fraction of sp³-hybridized carbons (Fsp3) is 0.250. The minimum atomic E-state index is -0.442. The highest BCUT2D eigenvalue weighted by Crippen LogP contribution is 2.36. The summed E-state index contributed by atoms with van der Waals surface area (Å²) in [5.41, 5.74) is 8.97. The van der Waals surface area contributed by atoms with Crippen molar-refractivity contribution in [1.82, 2.24) is 14.6 Å². The van der Waals surface area contributed by atoms with Gasteiger partial charge < -0.3 is 10.5 Å². The van der Waals surface area contributed by atoms with Gasteiger partial charge in [0.2, 0.25) is 0 Å². The number of nitrogens with two attached hydrogens (primary N) is 1. The molecule has 0 atom stereocenters. The predicted octanol–water partition coefficient (Wildman–Crippen LogP) is 1.93. The first kappa shape index (κ1) is 11.9. The number of rotatable bonds is 1. The van der Waals surface area contributed by atoms with Crippen molar-refractivity contribution < 1.29 is 9.53 Å². The van der Waals surface area contributed by atoms with E-state index in [1.807, 2.05) is 19.9 Å². The normalized spacial score (nSPS) is 11.3. The van der Waals surface area contributed by atoms with Crippen molar-refractivity contribution in [1.29, 1.82) is 0 Å². The number of nitrogen functional groups attached to an aromatic ring is 1. The van der Waals surface area contributed by atoms with E-state index in [1.54, 1.807) is 4.52 Å². The van der Waals surface area contributed by atoms with E-state index in [0.29, 0.717) is 21.0 Å². The fourth-order valence-corrected chi connectivity index (χ4v) is 3.12. The number of ether oxygens (including phenoxy) is 1. The molecule has 3 aromatic heterocycles. The maximum atomic E-state index is 11.6. The first-order valence-corrected chi connectivity index (χ1v) is 6.48. The van der Waals surface area contributed by atoms with Crippen LogP contribution in [0.15, 0.2) is 6.07 Å². The minimum Gasteiger partial charge on any atom is -0.465 e. The maximum absolute atomic E-state index is 11.6. The smallest absolute Gasteiger partial charge is 0.350 e. The monoisotopic (exact) mass is 276 g/mol. The molecule has 0 saturated carbocycles. The van der Waals surface area contributed by atoms with E-state index in [2.05, 4.69) is 10.1 Å². The SMILES string of the molecule is COC(=O)c1sc2nn3c(C)cc(C)nc3c2c1N. The Bertz CT molecular complexity index is 818. The topological polar surface area (TPSA) is 82.5 Å². The molecule has 98 valence electrons. The van der Waals surface area contributed by atoms with Crippen molar-refractivity contribution in [2.24, 2.45) is 0 Å². The standard InChI is InChI=1S/C12H12N4O2S/c1-5-4-6(2)16-10(14-5)7-8(13)9(12(17)18-3)19-11(7)15-16/h4H,13H2,1-3H3. The molecule has 3 rings (SSSR count). The van der Waals surface area contributed by atoms with Crippen molar-refractivity contribution in [2.45, 2.75) is 13.8 Å². The van der Waals surface area contributed by atoms with Gasteiger partial charge in [0.25, 0.3) is 0 Å². The summed E-state index contributed by atoms with van der Waals surface area (Å²) >= 11 is 1.23. The van der Waals surface area contributed by atoms with Crippen LogP contribution in [0.3, 0.4) is 0 Å². The van der Waals surface area contributed by atoms with Gasteiger partial charge in [0, 0.05) is 11.4 Å². The lowest BCUT2D eigenvalue weighted by Crippen LogP contribution is -2.02. The van der Waals surface area contributed by atoms with Gasteiger partial charge in [0.05, 0.1) is 18.2 Å². The molecule has 19 heavy (non-hydrogen) atoms. The van der Waals surface area contributed by atoms with E-state index in [-0.39, 0.29) is 0 Å². The lowest BCUT2D eigenvalue weighted by atomic mass is 10.3. The molecular formula is C12H12N4O2S. The molecule has 6 nitrogen and oxygen atoms in total. The zero-order valence-electron chi connectivity index (χ0n) is 10.7. The summed E-state index contributed by atoms with van der Waals surface area (Å²) in [5, 5.41) is 5.16. The zero-order chi connectivity index (χ0) is 13.7. The molecule has 0 amide bonds. The molecule has 3 aromatic rings. The van der Waals surface area contributed by atoms with E-state index in [0.717, 1.165) is 16.8 Å². The Morgan fingerprint density at radius 1 is 1.47 bits per heavy atom. The number of aryl methyl sites for hydroxylation is 2. The third-order valence-corrected chi connectivity index (χ3v) is 4.02. The molecule has 0 aromatic carbocycles. The molecule has 0 spiro atoms. The highest BCUT2D eigenvalue weighted by Gasteiger charge is 2.22. The number of carbonyl (C=O) groups is 1. The first-order chi connectivity index (χ1) is 9.02. The Kier molecular flexibility index (Phi) is 2.46. The number of thiophene rings is 1. The van der Waals surface area contributed by atoms with Crippen molar-refractivity contribution in [2.75, 3.05) is 12.8 Å². The van der Waals surface area contributed by atoms with E-state index in [9.17, 15) is 4.79 Å². The maximum Gasteiger partial charge on any atom is 0.350 e. The minimum absolute atomic E-state index is 0.378. The number of nitrogens with zero attached hydrogens (tertiary/aromatic N) is 3. The van der Waals surface area contributed by atoms with Crippen molar-refractivity contribution in [3.63, 3.8) is 0 Å². The second-order valence-electron chi connectivity index (χ2n) is 4.29. The highest BCUT2D eigenvalue weighted by atomic mass is 32.1. The molecule has 0 fully saturated rings. The van der Waals surface area contributed by atoms with Crippen LogP contribution in [-0.4, -0.2) is 27.7 Å². The average Bonchev–Trinajstić information content (AvgIpc) is 2.87. The van der Waals surface area contributed by atoms with Crippen LogP contribution in [0.2, 0.25) is 0 Å². The number of aromatic nitrogens is 3. The lowest BCUT2D eigenvalue weighted by molar-refractivity contribution is 0.0607. The Labute approximate surface area is 112 Å². The summed E-state index contributed by atoms with van der Waals surface area (Å²) < 4.78 is 6.45. The molecule has 3 heterocycles. The largest absolute Gasteiger partial charge is 0.465 e. The second-order valence-corrected chi connectivity index (χ2v) is 5.29. The molecule has 7 heteroatoms. The Balaban J connectivity index is 2.42. The van der Waals surface area contributed by atoms with Gasteiger partial charge in [-0.3, -0.25) is 0 Å². The van der Waals surface area contributed by atoms with Gasteiger partial charge in [0.1, 0.15) is 4.88 Å². The van der Waals surface area contributed by atoms with Gasteiger partial charge in [-0.2, -0.15) is 5.10 Å². The lowest BCUT2D eigenvalue weighted by Gasteiger charge is -2.01. The molecule has 0 aliphatic carbocycles. The van der Waals surface area contributed by atoms with Crippen molar-refractivity contribution in [3.05, 3.63) is 22.3 Å². The van der Waals surface area contributed by atoms with Crippen LogP contribution in [0.4, 0.5) is 5.69 Å². The third kappa shape index (κ3) is 1.58. The van der Waals surface area contributed by atoms with Gasteiger partial charge in [-0.15, -0.1) is 11.3 Å². The molecule has 0 aliphatic heterocycles. The first-order valence-electron chi connectivity index (χ1n) is 5.66. The van der Waals surface area contributed by atoms with Gasteiger partial charge in [-0.1, -0.05) is 0 Å². The van der Waals surface area contributed by atoms with Gasteiger partial charge in [-0.05, 0) is 19.9 Å². The molecule has 0 bridgehead atoms. The summed E-state index contributed by atoms with van der Waals surface area (Å²) in [6.07, 6.45) is 0. The van der Waals surface area contributed by atoms with E-state index in [1.165, 1.54) is 18.4 Å². The van der Waals surface area contributed by atoms with E-state index < -0.39 is 5.97 Å². The van der Waals surface area contributed by atoms with E-state index in [4.69, 9.17) is 10.5 Å². The van der Waals surface area contributed by atoms with Crippen molar-refractivity contribution >= 4 is 38.9 Å². The van der Waals surface area contributed by atoms with Crippen LogP contribution in [0.25, 0.3) is 15.9 Å². The summed E-state index contributed by atoms with van der Waals surface area (Å²) in [7, 11) is 1.33. The number of esters is 1. The van der Waals surface area contributed by atoms with Crippen LogP contribution >= 0.6 is 11.3 Å². The molecule has 0 aliphatic rings. The summed E-state index contributed by atoms with van der Waals surface area (Å²) in [6, 6.07) is 1.95. The quantitative estimate of drug-likeness (QED) is 0.687. The predicted molar refractivity (Wildman–Crippen MR) is 73.6 cm³/mol. The molecule has 0 saturated heterocycles. The summed E-state index contributed by atoms with van der Waals surface area (Å²) in [5.74, 6) is -0.442. The van der Waals surface area contributed by atoms with Crippen LogP contribution < -0.4 is 5.73 Å². The number of hydrogen-bond donors (Lipinski definition) is 1. The number of methoxy groups -OCH3 is 1. The van der Waals surface area contributed by atoms with Gasteiger partial charge >= 0.3 is 5.97 Å². The summed E-state index contributed by atoms with van der Waals surface area (Å²) in [6.45, 7) is 3.87. The number of hydrogen-bond acceptors (Lipinski definition) is 6.